The Labute approximate surface area is 179 Å². The van der Waals surface area contributed by atoms with Gasteiger partial charge in [-0.05, 0) is 48.0 Å². The van der Waals surface area contributed by atoms with Crippen molar-refractivity contribution >= 4 is 50.5 Å². The molecule has 2 aromatic carbocycles. The Morgan fingerprint density at radius 3 is 2.28 bits per heavy atom. The second-order valence-electron chi connectivity index (χ2n) is 6.29. The molecule has 0 spiro atoms. The highest BCUT2D eigenvalue weighted by atomic mass is 35.5. The van der Waals surface area contributed by atoms with Crippen molar-refractivity contribution in [1.29, 1.82) is 0 Å². The van der Waals surface area contributed by atoms with Crippen molar-refractivity contribution in [2.75, 3.05) is 15.9 Å². The molecule has 0 saturated heterocycles. The van der Waals surface area contributed by atoms with Crippen molar-refractivity contribution < 1.29 is 13.2 Å². The van der Waals surface area contributed by atoms with E-state index >= 15 is 0 Å². The molecule has 0 aliphatic rings. The third-order valence-corrected chi connectivity index (χ3v) is 5.57. The highest BCUT2D eigenvalue weighted by Gasteiger charge is 2.19. The topological polar surface area (TPSA) is 79.4 Å². The van der Waals surface area contributed by atoms with Crippen LogP contribution < -0.4 is 9.62 Å². The summed E-state index contributed by atoms with van der Waals surface area (Å²) in [5.74, 6) is -0.286. The van der Waals surface area contributed by atoms with Crippen LogP contribution in [0.2, 0.25) is 10.0 Å². The number of nitrogens with zero attached hydrogens (tertiary/aromatic N) is 2. The number of rotatable bonds is 6. The molecule has 0 bridgehead atoms. The number of benzene rings is 2. The first-order chi connectivity index (χ1) is 13.7. The molecular weight excluding hydrogens is 433 g/mol. The number of carbonyl (C=O) groups excluding carboxylic acids is 1. The van der Waals surface area contributed by atoms with E-state index in [-0.39, 0.29) is 12.5 Å². The Bertz CT molecular complexity index is 1100. The molecule has 0 saturated carbocycles. The first-order valence-electron chi connectivity index (χ1n) is 8.46. The number of aromatic nitrogens is 1. The maximum atomic E-state index is 12.3. The third-order valence-electron chi connectivity index (χ3n) is 4.00. The molecule has 150 valence electrons. The van der Waals surface area contributed by atoms with Crippen molar-refractivity contribution in [2.45, 2.75) is 6.54 Å². The average Bonchev–Trinajstić information content (AvgIpc) is 2.65. The van der Waals surface area contributed by atoms with Gasteiger partial charge in [-0.1, -0.05) is 35.3 Å². The molecule has 0 aliphatic carbocycles. The highest BCUT2D eigenvalue weighted by Crippen LogP contribution is 2.28. The molecule has 3 aromatic rings. The van der Waals surface area contributed by atoms with Crippen molar-refractivity contribution in [3.63, 3.8) is 0 Å². The van der Waals surface area contributed by atoms with Gasteiger partial charge in [-0.15, -0.1) is 0 Å². The molecule has 1 amide bonds. The van der Waals surface area contributed by atoms with E-state index in [1.165, 1.54) is 22.5 Å². The predicted octanol–water partition coefficient (Wildman–Crippen LogP) is 4.61. The largest absolute Gasteiger partial charge is 0.321 e. The van der Waals surface area contributed by atoms with Gasteiger partial charge in [-0.2, -0.15) is 0 Å². The van der Waals surface area contributed by atoms with Gasteiger partial charge in [-0.3, -0.25) is 14.1 Å². The summed E-state index contributed by atoms with van der Waals surface area (Å²) in [6, 6.07) is 14.7. The van der Waals surface area contributed by atoms with E-state index in [0.717, 1.165) is 6.26 Å². The highest BCUT2D eigenvalue weighted by molar-refractivity contribution is 7.92. The molecule has 6 nitrogen and oxygen atoms in total. The first-order valence-corrected chi connectivity index (χ1v) is 11.1. The lowest BCUT2D eigenvalue weighted by Gasteiger charge is -2.23. The maximum absolute atomic E-state index is 12.3. The minimum atomic E-state index is -3.59. The summed E-state index contributed by atoms with van der Waals surface area (Å²) in [7, 11) is -3.59. The molecule has 1 N–H and O–H groups in total. The van der Waals surface area contributed by atoms with Crippen LogP contribution >= 0.6 is 23.2 Å². The molecule has 0 unspecified atom stereocenters. The smallest absolute Gasteiger partial charge is 0.255 e. The molecule has 0 atom stereocenters. The minimum absolute atomic E-state index is 0.0695. The number of halogens is 2. The van der Waals surface area contributed by atoms with Gasteiger partial charge in [0.15, 0.2) is 0 Å². The fourth-order valence-corrected chi connectivity index (χ4v) is 4.04. The molecule has 0 radical (unpaired) electrons. The van der Waals surface area contributed by atoms with Crippen molar-refractivity contribution in [3.05, 3.63) is 88.2 Å². The summed E-state index contributed by atoms with van der Waals surface area (Å²) in [6.07, 6.45) is 4.27. The lowest BCUT2D eigenvalue weighted by Crippen LogP contribution is -2.29. The normalized spacial score (nSPS) is 11.1. The second kappa shape index (κ2) is 8.82. The zero-order chi connectivity index (χ0) is 21.0. The fraction of sp³-hybridized carbons (Fsp3) is 0.100. The van der Waals surface area contributed by atoms with Gasteiger partial charge in [0.1, 0.15) is 0 Å². The van der Waals surface area contributed by atoms with Crippen molar-refractivity contribution in [1.82, 2.24) is 4.98 Å². The van der Waals surface area contributed by atoms with E-state index < -0.39 is 10.0 Å². The number of carbonyl (C=O) groups is 1. The van der Waals surface area contributed by atoms with E-state index in [1.807, 2.05) is 0 Å². The maximum Gasteiger partial charge on any atom is 0.255 e. The third kappa shape index (κ3) is 5.69. The fourth-order valence-electron chi connectivity index (χ4n) is 2.65. The number of pyridine rings is 1. The molecular formula is C20H17Cl2N3O3S. The minimum Gasteiger partial charge on any atom is -0.321 e. The van der Waals surface area contributed by atoms with E-state index in [2.05, 4.69) is 10.3 Å². The number of anilines is 2. The predicted molar refractivity (Wildman–Crippen MR) is 116 cm³/mol. The van der Waals surface area contributed by atoms with E-state index in [0.29, 0.717) is 32.5 Å². The van der Waals surface area contributed by atoms with Crippen LogP contribution in [-0.4, -0.2) is 25.6 Å². The zero-order valence-electron chi connectivity index (χ0n) is 15.3. The first kappa shape index (κ1) is 21.1. The van der Waals surface area contributed by atoms with Gasteiger partial charge in [0.05, 0.1) is 30.4 Å². The van der Waals surface area contributed by atoms with Crippen LogP contribution in [0.5, 0.6) is 0 Å². The summed E-state index contributed by atoms with van der Waals surface area (Å²) in [5.41, 5.74) is 2.09. The van der Waals surface area contributed by atoms with Crippen LogP contribution in [0.1, 0.15) is 15.9 Å². The number of hydrogen-bond acceptors (Lipinski definition) is 4. The van der Waals surface area contributed by atoms with Crippen molar-refractivity contribution in [2.24, 2.45) is 0 Å². The van der Waals surface area contributed by atoms with Gasteiger partial charge >= 0.3 is 0 Å². The lowest BCUT2D eigenvalue weighted by molar-refractivity contribution is 0.102. The Morgan fingerprint density at radius 2 is 1.72 bits per heavy atom. The number of sulfonamides is 1. The molecule has 3 rings (SSSR count). The zero-order valence-corrected chi connectivity index (χ0v) is 17.7. The summed E-state index contributed by atoms with van der Waals surface area (Å²) < 4.78 is 25.8. The molecule has 1 aromatic heterocycles. The van der Waals surface area contributed by atoms with Gasteiger partial charge in [0, 0.05) is 21.8 Å². The van der Waals surface area contributed by atoms with E-state index in [1.54, 1.807) is 48.8 Å². The van der Waals surface area contributed by atoms with Crippen LogP contribution in [0.4, 0.5) is 11.4 Å². The molecule has 0 aliphatic heterocycles. The lowest BCUT2D eigenvalue weighted by atomic mass is 10.1. The van der Waals surface area contributed by atoms with Crippen molar-refractivity contribution in [3.8, 4) is 0 Å². The van der Waals surface area contributed by atoms with Crippen LogP contribution in [0.25, 0.3) is 0 Å². The summed E-state index contributed by atoms with van der Waals surface area (Å²) in [5, 5.41) is 3.42. The van der Waals surface area contributed by atoms with Gasteiger partial charge in [0.2, 0.25) is 10.0 Å². The quantitative estimate of drug-likeness (QED) is 0.595. The Balaban J connectivity index is 1.80. The number of nitrogens with one attached hydrogen (secondary N) is 1. The monoisotopic (exact) mass is 449 g/mol. The molecule has 29 heavy (non-hydrogen) atoms. The summed E-state index contributed by atoms with van der Waals surface area (Å²) in [6.45, 7) is 0.0695. The SMILES string of the molecule is CS(=O)(=O)N(Cc1ccc(C(=O)Nc2cccnc2)cc1)c1cc(Cl)cc(Cl)c1. The molecule has 9 heteroatoms. The van der Waals surface area contributed by atoms with Crippen LogP contribution in [0.15, 0.2) is 67.0 Å². The Hall–Kier alpha value is -2.61. The van der Waals surface area contributed by atoms with E-state index in [9.17, 15) is 13.2 Å². The molecule has 1 heterocycles. The van der Waals surface area contributed by atoms with Gasteiger partial charge in [-0.25, -0.2) is 8.42 Å². The van der Waals surface area contributed by atoms with E-state index in [4.69, 9.17) is 23.2 Å². The summed E-state index contributed by atoms with van der Waals surface area (Å²) >= 11 is 12.0. The Morgan fingerprint density at radius 1 is 1.07 bits per heavy atom. The van der Waals surface area contributed by atoms with Gasteiger partial charge in [0.25, 0.3) is 5.91 Å². The number of hydrogen-bond donors (Lipinski definition) is 1. The van der Waals surface area contributed by atoms with Crippen LogP contribution in [0.3, 0.4) is 0 Å². The van der Waals surface area contributed by atoms with Crippen LogP contribution in [0, 0.1) is 0 Å². The standard InChI is InChI=1S/C20H17Cl2N3O3S/c1-29(27,28)25(19-10-16(21)9-17(22)11-19)13-14-4-6-15(7-5-14)20(26)24-18-3-2-8-23-12-18/h2-12H,13H2,1H3,(H,24,26). The average molecular weight is 450 g/mol. The van der Waals surface area contributed by atoms with Crippen LogP contribution in [-0.2, 0) is 16.6 Å². The van der Waals surface area contributed by atoms with Gasteiger partial charge < -0.3 is 5.32 Å². The molecule has 0 fully saturated rings. The Kier molecular flexibility index (Phi) is 6.42. The second-order valence-corrected chi connectivity index (χ2v) is 9.07. The summed E-state index contributed by atoms with van der Waals surface area (Å²) in [4.78, 5) is 16.3. The number of amides is 1.